The third-order valence-electron chi connectivity index (χ3n) is 6.77. The molecular formula is C29H25Cl2FN4O4. The van der Waals surface area contributed by atoms with Gasteiger partial charge in [0, 0.05) is 16.5 Å². The van der Waals surface area contributed by atoms with Crippen molar-refractivity contribution in [3.05, 3.63) is 106 Å². The van der Waals surface area contributed by atoms with E-state index in [1.54, 1.807) is 24.3 Å². The lowest BCUT2D eigenvalue weighted by Crippen LogP contribution is -2.38. The number of rotatable bonds is 9. The molecule has 1 unspecified atom stereocenters. The zero-order valence-electron chi connectivity index (χ0n) is 21.3. The van der Waals surface area contributed by atoms with E-state index in [2.05, 4.69) is 15.3 Å². The number of nitrogens with one attached hydrogen (secondary N) is 2. The Kier molecular flexibility index (Phi) is 8.07. The SMILES string of the molecule is C[C@@H](c1ccccc1)C(c1nc(-c2ccc(Cl)cc2F)c(Cl)[nH]1)N1C(=O)N[C@H](c2ccc(OCCO)cc2)C1=O. The average molecular weight is 583 g/mol. The molecule has 1 aliphatic heterocycles. The number of aliphatic hydroxyl groups excluding tert-OH is 1. The number of imidazole rings is 1. The van der Waals surface area contributed by atoms with Gasteiger partial charge in [0.2, 0.25) is 0 Å². The van der Waals surface area contributed by atoms with E-state index in [0.29, 0.717) is 11.3 Å². The van der Waals surface area contributed by atoms with Crippen molar-refractivity contribution in [2.45, 2.75) is 24.9 Å². The van der Waals surface area contributed by atoms with Crippen LogP contribution in [0, 0.1) is 5.82 Å². The quantitative estimate of drug-likeness (QED) is 0.209. The fourth-order valence-corrected chi connectivity index (χ4v) is 5.19. The summed E-state index contributed by atoms with van der Waals surface area (Å²) in [5.74, 6) is -0.749. The summed E-state index contributed by atoms with van der Waals surface area (Å²) in [6.07, 6.45) is 0. The highest BCUT2D eigenvalue weighted by molar-refractivity contribution is 6.32. The first-order valence-electron chi connectivity index (χ1n) is 12.5. The number of halogens is 3. The van der Waals surface area contributed by atoms with Gasteiger partial charge in [0.25, 0.3) is 5.91 Å². The molecule has 0 spiro atoms. The molecule has 2 heterocycles. The van der Waals surface area contributed by atoms with Gasteiger partial charge < -0.3 is 20.1 Å². The van der Waals surface area contributed by atoms with Crippen LogP contribution in [0.3, 0.4) is 0 Å². The summed E-state index contributed by atoms with van der Waals surface area (Å²) in [7, 11) is 0. The van der Waals surface area contributed by atoms with E-state index in [-0.39, 0.29) is 40.5 Å². The Hall–Kier alpha value is -3.92. The van der Waals surface area contributed by atoms with E-state index < -0.39 is 35.8 Å². The first-order chi connectivity index (χ1) is 19.3. The minimum atomic E-state index is -0.941. The van der Waals surface area contributed by atoms with Crippen LogP contribution in [0.15, 0.2) is 72.8 Å². The second-order valence-corrected chi connectivity index (χ2v) is 10.1. The summed E-state index contributed by atoms with van der Waals surface area (Å²) >= 11 is 12.4. The molecule has 3 amide bonds. The molecule has 0 radical (unpaired) electrons. The maximum Gasteiger partial charge on any atom is 0.325 e. The Morgan fingerprint density at radius 1 is 1.07 bits per heavy atom. The van der Waals surface area contributed by atoms with Crippen LogP contribution in [0.5, 0.6) is 5.75 Å². The lowest BCUT2D eigenvalue weighted by Gasteiger charge is -2.29. The highest BCUT2D eigenvalue weighted by atomic mass is 35.5. The molecule has 1 aliphatic rings. The molecule has 5 rings (SSSR count). The van der Waals surface area contributed by atoms with Crippen molar-refractivity contribution in [2.75, 3.05) is 13.2 Å². The van der Waals surface area contributed by atoms with Crippen molar-refractivity contribution in [3.8, 4) is 17.0 Å². The number of hydrogen-bond donors (Lipinski definition) is 3. The number of imide groups is 1. The number of nitrogens with zero attached hydrogens (tertiary/aromatic N) is 2. The van der Waals surface area contributed by atoms with E-state index in [0.717, 1.165) is 16.5 Å². The Balaban J connectivity index is 1.53. The van der Waals surface area contributed by atoms with E-state index in [4.69, 9.17) is 33.0 Å². The summed E-state index contributed by atoms with van der Waals surface area (Å²) in [6, 6.07) is 17.8. The fourth-order valence-electron chi connectivity index (χ4n) is 4.79. The molecule has 40 heavy (non-hydrogen) atoms. The standard InChI is InChI=1S/C29H25Cl2FN4O4/c1-16(17-5-3-2-4-6-17)25(27-33-24(26(31)35-27)21-12-9-19(30)15-22(21)32)36-28(38)23(34-29(36)39)18-7-10-20(11-8-18)40-14-13-37/h2-12,15-16,23,25,37H,13-14H2,1H3,(H,33,35)(H,34,39)/t16-,23+,25?/m0/s1. The zero-order valence-corrected chi connectivity index (χ0v) is 22.8. The third kappa shape index (κ3) is 5.40. The third-order valence-corrected chi connectivity index (χ3v) is 7.27. The summed E-state index contributed by atoms with van der Waals surface area (Å²) in [4.78, 5) is 35.9. The Labute approximate surface area is 239 Å². The molecule has 0 saturated carbocycles. The zero-order chi connectivity index (χ0) is 28.4. The van der Waals surface area contributed by atoms with Gasteiger partial charge in [-0.2, -0.15) is 0 Å². The highest BCUT2D eigenvalue weighted by Crippen LogP contribution is 2.41. The largest absolute Gasteiger partial charge is 0.491 e. The van der Waals surface area contributed by atoms with Crippen molar-refractivity contribution in [1.29, 1.82) is 0 Å². The lowest BCUT2D eigenvalue weighted by molar-refractivity contribution is -0.129. The predicted octanol–water partition coefficient (Wildman–Crippen LogP) is 6.03. The lowest BCUT2D eigenvalue weighted by atomic mass is 9.91. The average Bonchev–Trinajstić information content (AvgIpc) is 3.47. The number of ether oxygens (including phenoxy) is 1. The number of carbonyl (C=O) groups excluding carboxylic acids is 2. The molecule has 3 N–H and O–H groups in total. The van der Waals surface area contributed by atoms with Crippen LogP contribution in [0.1, 0.15) is 41.9 Å². The molecule has 1 fully saturated rings. The van der Waals surface area contributed by atoms with Crippen molar-refractivity contribution < 1.29 is 23.8 Å². The highest BCUT2D eigenvalue weighted by Gasteiger charge is 2.46. The normalized spacial score (nSPS) is 16.6. The summed E-state index contributed by atoms with van der Waals surface area (Å²) < 4.78 is 20.2. The number of aliphatic hydroxyl groups is 1. The summed E-state index contributed by atoms with van der Waals surface area (Å²) in [5, 5.41) is 12.0. The summed E-state index contributed by atoms with van der Waals surface area (Å²) in [5.41, 5.74) is 1.68. The maximum absolute atomic E-state index is 14.8. The van der Waals surface area contributed by atoms with Crippen LogP contribution in [0.4, 0.5) is 9.18 Å². The van der Waals surface area contributed by atoms with Crippen LogP contribution < -0.4 is 10.1 Å². The van der Waals surface area contributed by atoms with Crippen molar-refractivity contribution in [3.63, 3.8) is 0 Å². The van der Waals surface area contributed by atoms with Crippen LogP contribution in [0.2, 0.25) is 10.2 Å². The molecule has 1 saturated heterocycles. The van der Waals surface area contributed by atoms with Gasteiger partial charge in [-0.05, 0) is 41.5 Å². The molecule has 206 valence electrons. The number of aromatic nitrogens is 2. The number of aromatic amines is 1. The van der Waals surface area contributed by atoms with Gasteiger partial charge in [0.05, 0.1) is 6.61 Å². The second-order valence-electron chi connectivity index (χ2n) is 9.28. The number of carbonyl (C=O) groups is 2. The molecule has 0 aliphatic carbocycles. The Morgan fingerprint density at radius 3 is 2.48 bits per heavy atom. The summed E-state index contributed by atoms with van der Waals surface area (Å²) in [6.45, 7) is 1.89. The van der Waals surface area contributed by atoms with Crippen LogP contribution in [-0.2, 0) is 4.79 Å². The van der Waals surface area contributed by atoms with Gasteiger partial charge in [-0.25, -0.2) is 14.2 Å². The Morgan fingerprint density at radius 2 is 1.80 bits per heavy atom. The van der Waals surface area contributed by atoms with Gasteiger partial charge in [0.15, 0.2) is 0 Å². The van der Waals surface area contributed by atoms with Gasteiger partial charge >= 0.3 is 6.03 Å². The monoisotopic (exact) mass is 582 g/mol. The minimum Gasteiger partial charge on any atom is -0.491 e. The molecule has 3 atom stereocenters. The van der Waals surface area contributed by atoms with E-state index in [9.17, 15) is 14.0 Å². The molecular weight excluding hydrogens is 558 g/mol. The molecule has 11 heteroatoms. The minimum absolute atomic E-state index is 0.0588. The number of benzene rings is 3. The van der Waals surface area contributed by atoms with Gasteiger partial charge in [-0.15, -0.1) is 0 Å². The van der Waals surface area contributed by atoms with Gasteiger partial charge in [0.1, 0.15) is 46.9 Å². The number of amides is 3. The first-order valence-corrected chi connectivity index (χ1v) is 13.3. The topological polar surface area (TPSA) is 108 Å². The van der Waals surface area contributed by atoms with Crippen molar-refractivity contribution >= 4 is 35.1 Å². The first kappa shape index (κ1) is 27.6. The number of H-pyrrole nitrogens is 1. The van der Waals surface area contributed by atoms with E-state index in [1.807, 2.05) is 37.3 Å². The maximum atomic E-state index is 14.8. The molecule has 4 aromatic rings. The smallest absolute Gasteiger partial charge is 0.325 e. The number of hydrogen-bond acceptors (Lipinski definition) is 5. The van der Waals surface area contributed by atoms with Crippen LogP contribution >= 0.6 is 23.2 Å². The fraction of sp³-hybridized carbons (Fsp3) is 0.207. The molecule has 3 aromatic carbocycles. The Bertz CT molecular complexity index is 1530. The van der Waals surface area contributed by atoms with Crippen molar-refractivity contribution in [1.82, 2.24) is 20.2 Å². The van der Waals surface area contributed by atoms with E-state index in [1.165, 1.54) is 12.1 Å². The van der Waals surface area contributed by atoms with Crippen LogP contribution in [0.25, 0.3) is 11.3 Å². The van der Waals surface area contributed by atoms with Crippen molar-refractivity contribution in [2.24, 2.45) is 0 Å². The predicted molar refractivity (Wildman–Crippen MR) is 149 cm³/mol. The molecule has 8 nitrogen and oxygen atoms in total. The van der Waals surface area contributed by atoms with Gasteiger partial charge in [-0.3, -0.25) is 9.69 Å². The van der Waals surface area contributed by atoms with E-state index >= 15 is 0 Å². The van der Waals surface area contributed by atoms with Crippen LogP contribution in [-0.4, -0.2) is 45.1 Å². The molecule has 0 bridgehead atoms. The number of urea groups is 1. The molecule has 1 aromatic heterocycles. The second kappa shape index (κ2) is 11.7. The van der Waals surface area contributed by atoms with Gasteiger partial charge in [-0.1, -0.05) is 72.6 Å².